The number of hydrogen-bond acceptors (Lipinski definition) is 9. The van der Waals surface area contributed by atoms with Crippen LogP contribution in [0.1, 0.15) is 64.7 Å². The van der Waals surface area contributed by atoms with Crippen molar-refractivity contribution in [2.24, 2.45) is 16.9 Å². The summed E-state index contributed by atoms with van der Waals surface area (Å²) in [7, 11) is 0. The lowest BCUT2D eigenvalue weighted by molar-refractivity contribution is -0.137. The molecule has 0 aromatic carbocycles. The Labute approximate surface area is 193 Å². The molecule has 1 aliphatic heterocycles. The Bertz CT molecular complexity index is 559. The summed E-state index contributed by atoms with van der Waals surface area (Å²) >= 11 is 2.54. The fourth-order valence-corrected chi connectivity index (χ4v) is 5.91. The first kappa shape index (κ1) is 24.6. The maximum Gasteiger partial charge on any atom is 0.0608 e. The number of alkyl halides is 1. The van der Waals surface area contributed by atoms with Crippen molar-refractivity contribution < 1.29 is 10.4 Å². The molecule has 0 aromatic rings. The van der Waals surface area contributed by atoms with E-state index in [0.29, 0.717) is 24.7 Å². The van der Waals surface area contributed by atoms with Crippen LogP contribution in [0.15, 0.2) is 5.10 Å². The highest BCUT2D eigenvalue weighted by atomic mass is 127. The van der Waals surface area contributed by atoms with E-state index >= 15 is 0 Å². The monoisotopic (exact) mass is 537 g/mol. The number of hydroxylamine groups is 4. The number of piperidine rings is 1. The van der Waals surface area contributed by atoms with Gasteiger partial charge in [-0.2, -0.15) is 5.10 Å². The maximum atomic E-state index is 11.7. The number of nitrogens with zero attached hydrogens (tertiary/aromatic N) is 4. The molecule has 3 fully saturated rings. The molecule has 4 unspecified atom stereocenters. The molecule has 9 nitrogen and oxygen atoms in total. The molecular weight excluding hydrogens is 501 g/mol. The topological polar surface area (TPSA) is 121 Å². The van der Waals surface area contributed by atoms with Crippen molar-refractivity contribution in [3.05, 3.63) is 10.4 Å². The number of nitrogens with one attached hydrogen (secondary N) is 1. The van der Waals surface area contributed by atoms with Crippen LogP contribution in [0.2, 0.25) is 0 Å². The van der Waals surface area contributed by atoms with Gasteiger partial charge in [0.05, 0.1) is 11.8 Å². The molecule has 1 heterocycles. The molecule has 2 saturated carbocycles. The predicted octanol–water partition coefficient (Wildman–Crippen LogP) is 3.33. The third-order valence-corrected chi connectivity index (χ3v) is 8.26. The molecule has 3 aliphatic rings. The Hall–Kier alpha value is -0.0800. The van der Waals surface area contributed by atoms with Crippen molar-refractivity contribution in [1.82, 2.24) is 20.8 Å². The van der Waals surface area contributed by atoms with Gasteiger partial charge in [0.15, 0.2) is 0 Å². The second-order valence-electron chi connectivity index (χ2n) is 9.41. The molecule has 0 radical (unpaired) electrons. The molecule has 0 bridgehead atoms. The minimum Gasteiger partial charge on any atom is -0.762 e. The first-order chi connectivity index (χ1) is 14.3. The van der Waals surface area contributed by atoms with Crippen LogP contribution in [0.5, 0.6) is 0 Å². The molecule has 0 spiro atoms. The minimum absolute atomic E-state index is 0.0872. The highest BCUT2D eigenvalue weighted by Gasteiger charge is 2.33. The number of hydrazone groups is 1. The molecule has 174 valence electrons. The fourth-order valence-electron chi connectivity index (χ4n) is 5.19. The summed E-state index contributed by atoms with van der Waals surface area (Å²) in [5.41, 5.74) is 4.33. The zero-order chi connectivity index (χ0) is 21.7. The smallest absolute Gasteiger partial charge is 0.0608 e. The number of hydrogen-bond donors (Lipinski definition) is 3. The Morgan fingerprint density at radius 3 is 2.47 bits per heavy atom. The number of likely N-dealkylation sites (tertiary alicyclic amines) is 1. The SMILES string of the molecule is CC1CCCN(CC(=NNC2CCC(N([O-])O)CC2N([O-])O)C2CCC(I)CC2)C1. The molecule has 4 atom stereocenters. The summed E-state index contributed by atoms with van der Waals surface area (Å²) < 4.78 is 0.736. The van der Waals surface area contributed by atoms with Crippen LogP contribution in [-0.4, -0.2) is 73.2 Å². The van der Waals surface area contributed by atoms with Crippen molar-refractivity contribution in [3.63, 3.8) is 0 Å². The van der Waals surface area contributed by atoms with Crippen molar-refractivity contribution in [3.8, 4) is 0 Å². The van der Waals surface area contributed by atoms with Gasteiger partial charge in [-0.3, -0.25) is 15.4 Å². The van der Waals surface area contributed by atoms with Crippen LogP contribution in [0, 0.1) is 22.3 Å². The van der Waals surface area contributed by atoms with Gasteiger partial charge in [-0.15, -0.1) is 0 Å². The Morgan fingerprint density at radius 2 is 1.83 bits per heavy atom. The highest BCUT2D eigenvalue weighted by molar-refractivity contribution is 14.1. The Kier molecular flexibility index (Phi) is 9.57. The molecule has 1 saturated heterocycles. The van der Waals surface area contributed by atoms with Crippen molar-refractivity contribution in [1.29, 1.82) is 0 Å². The molecule has 30 heavy (non-hydrogen) atoms. The molecule has 3 N–H and O–H groups in total. The second-order valence-corrected chi connectivity index (χ2v) is 11.2. The van der Waals surface area contributed by atoms with E-state index in [-0.39, 0.29) is 22.9 Å². The average molecular weight is 537 g/mol. The Balaban J connectivity index is 1.68. The zero-order valence-electron chi connectivity index (χ0n) is 17.8. The van der Waals surface area contributed by atoms with Gasteiger partial charge >= 0.3 is 0 Å². The van der Waals surface area contributed by atoms with Crippen LogP contribution in [-0.2, 0) is 0 Å². The molecule has 0 amide bonds. The highest BCUT2D eigenvalue weighted by Crippen LogP contribution is 2.31. The predicted molar refractivity (Wildman–Crippen MR) is 124 cm³/mol. The van der Waals surface area contributed by atoms with Crippen LogP contribution in [0.25, 0.3) is 0 Å². The number of rotatable bonds is 7. The fraction of sp³-hybridized carbons (Fsp3) is 0.950. The van der Waals surface area contributed by atoms with Crippen LogP contribution >= 0.6 is 22.6 Å². The van der Waals surface area contributed by atoms with E-state index < -0.39 is 12.1 Å². The summed E-state index contributed by atoms with van der Waals surface area (Å²) in [5, 5.41) is 46.3. The normalized spacial score (nSPS) is 37.0. The molecule has 10 heteroatoms. The van der Waals surface area contributed by atoms with Crippen LogP contribution in [0.4, 0.5) is 0 Å². The lowest BCUT2D eigenvalue weighted by Crippen LogP contribution is -2.53. The molecule has 3 rings (SSSR count). The largest absolute Gasteiger partial charge is 0.762 e. The van der Waals surface area contributed by atoms with Gasteiger partial charge in [0.1, 0.15) is 0 Å². The molecule has 0 aromatic heterocycles. The van der Waals surface area contributed by atoms with Gasteiger partial charge in [0.25, 0.3) is 0 Å². The lowest BCUT2D eigenvalue weighted by Gasteiger charge is -2.45. The molecule has 2 aliphatic carbocycles. The van der Waals surface area contributed by atoms with E-state index in [2.05, 4.69) is 39.8 Å². The van der Waals surface area contributed by atoms with Gasteiger partial charge < -0.3 is 26.3 Å². The standard InChI is InChI=1S/C20H36IN5O4/c1-14-3-2-10-24(12-14)13-19(15-4-6-16(21)7-5-15)23-22-18-9-8-17(25(27)28)11-20(18)26(29)30/h14-18,20,22,27,29H,2-13H2,1H3/q-2. The summed E-state index contributed by atoms with van der Waals surface area (Å²) in [5.74, 6) is 1.15. The Morgan fingerprint density at radius 1 is 1.10 bits per heavy atom. The van der Waals surface area contributed by atoms with Crippen molar-refractivity contribution >= 4 is 28.3 Å². The third-order valence-electron chi connectivity index (χ3n) is 7.01. The first-order valence-electron chi connectivity index (χ1n) is 11.3. The summed E-state index contributed by atoms with van der Waals surface area (Å²) in [6.45, 7) is 5.34. The summed E-state index contributed by atoms with van der Waals surface area (Å²) in [6.07, 6.45) is 8.23. The average Bonchev–Trinajstić information content (AvgIpc) is 2.71. The van der Waals surface area contributed by atoms with E-state index in [9.17, 15) is 20.8 Å². The van der Waals surface area contributed by atoms with E-state index in [1.807, 2.05) is 0 Å². The third kappa shape index (κ3) is 6.96. The zero-order valence-corrected chi connectivity index (χ0v) is 20.0. The maximum absolute atomic E-state index is 11.7. The lowest BCUT2D eigenvalue weighted by atomic mass is 9.85. The van der Waals surface area contributed by atoms with E-state index in [1.165, 1.54) is 25.7 Å². The van der Waals surface area contributed by atoms with E-state index in [4.69, 9.17) is 5.10 Å². The summed E-state index contributed by atoms with van der Waals surface area (Å²) in [6, 6.07) is -1.83. The minimum atomic E-state index is -0.808. The van der Waals surface area contributed by atoms with E-state index in [0.717, 1.165) is 42.1 Å². The van der Waals surface area contributed by atoms with Gasteiger partial charge in [0, 0.05) is 35.0 Å². The quantitative estimate of drug-likeness (QED) is 0.196. The van der Waals surface area contributed by atoms with Gasteiger partial charge in [-0.25, -0.2) is 0 Å². The van der Waals surface area contributed by atoms with Gasteiger partial charge in [-0.1, -0.05) is 29.5 Å². The van der Waals surface area contributed by atoms with Crippen molar-refractivity contribution in [2.75, 3.05) is 19.6 Å². The number of halogens is 1. The van der Waals surface area contributed by atoms with Crippen molar-refractivity contribution in [2.45, 2.75) is 86.8 Å². The summed E-state index contributed by atoms with van der Waals surface area (Å²) in [4.78, 5) is 2.49. The van der Waals surface area contributed by atoms with Crippen LogP contribution in [0.3, 0.4) is 0 Å². The van der Waals surface area contributed by atoms with Gasteiger partial charge in [-0.05, 0) is 70.3 Å². The van der Waals surface area contributed by atoms with E-state index in [1.54, 1.807) is 0 Å². The van der Waals surface area contributed by atoms with Crippen LogP contribution < -0.4 is 5.43 Å². The molecular formula is C20H36IN5O4-2. The second kappa shape index (κ2) is 11.7. The van der Waals surface area contributed by atoms with Gasteiger partial charge in [0.2, 0.25) is 0 Å². The first-order valence-corrected chi connectivity index (χ1v) is 12.6.